The average Bonchev–Trinajstić information content (AvgIpc) is 2.84. The van der Waals surface area contributed by atoms with Gasteiger partial charge in [-0.25, -0.2) is 8.42 Å². The van der Waals surface area contributed by atoms with Crippen molar-refractivity contribution in [3.05, 3.63) is 52.1 Å². The van der Waals surface area contributed by atoms with Crippen molar-refractivity contribution in [1.29, 1.82) is 0 Å². The topological polar surface area (TPSA) is 122 Å². The van der Waals surface area contributed by atoms with Crippen molar-refractivity contribution in [1.82, 2.24) is 4.31 Å². The van der Waals surface area contributed by atoms with Gasteiger partial charge in [-0.15, -0.1) is 0 Å². The lowest BCUT2D eigenvalue weighted by molar-refractivity contribution is -0.385. The van der Waals surface area contributed by atoms with Crippen LogP contribution >= 0.6 is 0 Å². The lowest BCUT2D eigenvalue weighted by Gasteiger charge is -2.31. The second-order valence-corrected chi connectivity index (χ2v) is 9.85. The van der Waals surface area contributed by atoms with Gasteiger partial charge in [-0.3, -0.25) is 14.9 Å². The molecular formula is C23H30N4O6S. The Morgan fingerprint density at radius 1 is 1.12 bits per heavy atom. The molecule has 0 atom stereocenters. The number of nitro groups is 1. The van der Waals surface area contributed by atoms with E-state index in [1.54, 1.807) is 26.0 Å². The summed E-state index contributed by atoms with van der Waals surface area (Å²) < 4.78 is 32.5. The lowest BCUT2D eigenvalue weighted by Crippen LogP contribution is -2.32. The molecule has 10 nitrogen and oxygen atoms in total. The molecule has 1 N–H and O–H groups in total. The van der Waals surface area contributed by atoms with E-state index in [1.165, 1.54) is 29.6 Å². The Labute approximate surface area is 199 Å². The molecule has 1 aliphatic heterocycles. The van der Waals surface area contributed by atoms with Crippen LogP contribution in [0, 0.1) is 10.1 Å². The first kappa shape index (κ1) is 25.4. The predicted molar refractivity (Wildman–Crippen MR) is 130 cm³/mol. The van der Waals surface area contributed by atoms with Gasteiger partial charge in [0.2, 0.25) is 10.0 Å². The van der Waals surface area contributed by atoms with Crippen molar-refractivity contribution < 1.29 is 22.9 Å². The van der Waals surface area contributed by atoms with E-state index in [-0.39, 0.29) is 21.9 Å². The van der Waals surface area contributed by atoms with Gasteiger partial charge in [0, 0.05) is 37.8 Å². The van der Waals surface area contributed by atoms with Gasteiger partial charge in [0.05, 0.1) is 28.3 Å². The highest BCUT2D eigenvalue weighted by Crippen LogP contribution is 2.33. The van der Waals surface area contributed by atoms with E-state index in [2.05, 4.69) is 10.2 Å². The maximum atomic E-state index is 13.1. The van der Waals surface area contributed by atoms with Crippen LogP contribution < -0.4 is 15.0 Å². The van der Waals surface area contributed by atoms with Gasteiger partial charge < -0.3 is 15.0 Å². The van der Waals surface area contributed by atoms with Crippen molar-refractivity contribution in [3.8, 4) is 5.75 Å². The van der Waals surface area contributed by atoms with Crippen molar-refractivity contribution >= 4 is 33.0 Å². The zero-order valence-corrected chi connectivity index (χ0v) is 20.4. The molecule has 0 spiro atoms. The maximum absolute atomic E-state index is 13.1. The van der Waals surface area contributed by atoms with E-state index >= 15 is 0 Å². The zero-order chi connectivity index (χ0) is 24.9. The standard InChI is InChI=1S/C23H30N4O6S/c1-4-26(5-2)34(31,32)18-10-11-20(25-13-7-6-8-14-25)19(16-18)24-23(28)17-9-12-22(33-3)21(15-17)27(29)30/h9-12,15-16H,4-8,13-14H2,1-3H3,(H,24,28). The molecule has 0 unspecified atom stereocenters. The lowest BCUT2D eigenvalue weighted by atomic mass is 10.1. The minimum atomic E-state index is -3.74. The van der Waals surface area contributed by atoms with Crippen molar-refractivity contribution in [2.75, 3.05) is 43.5 Å². The van der Waals surface area contributed by atoms with Crippen LogP contribution in [0.1, 0.15) is 43.5 Å². The Hall–Kier alpha value is -3.18. The van der Waals surface area contributed by atoms with Gasteiger partial charge in [0.25, 0.3) is 5.91 Å². The molecule has 1 aliphatic rings. The highest BCUT2D eigenvalue weighted by atomic mass is 32.2. The number of ether oxygens (including phenoxy) is 1. The van der Waals surface area contributed by atoms with E-state index in [0.29, 0.717) is 18.8 Å². The van der Waals surface area contributed by atoms with E-state index in [4.69, 9.17) is 4.74 Å². The first-order valence-corrected chi connectivity index (χ1v) is 12.7. The van der Waals surface area contributed by atoms with E-state index in [9.17, 15) is 23.3 Å². The number of carbonyl (C=O) groups is 1. The molecule has 1 fully saturated rings. The number of nitrogens with one attached hydrogen (secondary N) is 1. The third-order valence-corrected chi connectivity index (χ3v) is 7.94. The molecule has 2 aromatic rings. The maximum Gasteiger partial charge on any atom is 0.311 e. The minimum absolute atomic E-state index is 0.0443. The monoisotopic (exact) mass is 490 g/mol. The molecule has 2 aromatic carbocycles. The number of amides is 1. The Balaban J connectivity index is 2.03. The number of sulfonamides is 1. The van der Waals surface area contributed by atoms with Crippen LogP contribution in [0.4, 0.5) is 17.1 Å². The molecule has 11 heteroatoms. The molecule has 0 aromatic heterocycles. The number of nitro benzene ring substituents is 1. The molecular weight excluding hydrogens is 460 g/mol. The number of benzene rings is 2. The Bertz CT molecular complexity index is 1160. The molecule has 0 saturated carbocycles. The fraction of sp³-hybridized carbons (Fsp3) is 0.435. The van der Waals surface area contributed by atoms with Gasteiger partial charge in [-0.05, 0) is 49.6 Å². The number of carbonyl (C=O) groups excluding carboxylic acids is 1. The largest absolute Gasteiger partial charge is 0.490 e. The Kier molecular flexibility index (Phi) is 8.11. The SMILES string of the molecule is CCN(CC)S(=O)(=O)c1ccc(N2CCCCC2)c(NC(=O)c2ccc(OC)c([N+](=O)[O-])c2)c1. The summed E-state index contributed by atoms with van der Waals surface area (Å²) in [5, 5.41) is 14.2. The fourth-order valence-corrected chi connectivity index (χ4v) is 5.55. The summed E-state index contributed by atoms with van der Waals surface area (Å²) in [6, 6.07) is 8.68. The van der Waals surface area contributed by atoms with E-state index in [1.807, 2.05) is 0 Å². The number of methoxy groups -OCH3 is 1. The van der Waals surface area contributed by atoms with E-state index < -0.39 is 20.9 Å². The average molecular weight is 491 g/mol. The number of hydrogen-bond acceptors (Lipinski definition) is 7. The fourth-order valence-electron chi connectivity index (χ4n) is 4.07. The van der Waals surface area contributed by atoms with E-state index in [0.717, 1.165) is 44.1 Å². The van der Waals surface area contributed by atoms with Gasteiger partial charge in [-0.1, -0.05) is 13.8 Å². The number of rotatable bonds is 9. The third kappa shape index (κ3) is 5.31. The number of anilines is 2. The minimum Gasteiger partial charge on any atom is -0.490 e. The first-order valence-electron chi connectivity index (χ1n) is 11.3. The van der Waals surface area contributed by atoms with Gasteiger partial charge >= 0.3 is 5.69 Å². The summed E-state index contributed by atoms with van der Waals surface area (Å²) >= 11 is 0. The predicted octanol–water partition coefficient (Wildman–Crippen LogP) is 3.88. The van der Waals surface area contributed by atoms with Crippen LogP contribution in [0.3, 0.4) is 0 Å². The molecule has 0 radical (unpaired) electrons. The van der Waals surface area contributed by atoms with Gasteiger partial charge in [0.1, 0.15) is 0 Å². The molecule has 0 aliphatic carbocycles. The number of piperidine rings is 1. The summed E-state index contributed by atoms with van der Waals surface area (Å²) in [5.41, 5.74) is 0.798. The summed E-state index contributed by atoms with van der Waals surface area (Å²) in [4.78, 5) is 26.0. The normalized spacial score (nSPS) is 14.2. The molecule has 1 heterocycles. The summed E-state index contributed by atoms with van der Waals surface area (Å²) in [5.74, 6) is -0.538. The number of hydrogen-bond donors (Lipinski definition) is 1. The van der Waals surface area contributed by atoms with Gasteiger partial charge in [0.15, 0.2) is 5.75 Å². The van der Waals surface area contributed by atoms with Crippen LogP contribution in [0.2, 0.25) is 0 Å². The van der Waals surface area contributed by atoms with Crippen molar-refractivity contribution in [2.24, 2.45) is 0 Å². The molecule has 1 saturated heterocycles. The highest BCUT2D eigenvalue weighted by Gasteiger charge is 2.25. The van der Waals surface area contributed by atoms with Gasteiger partial charge in [-0.2, -0.15) is 4.31 Å². The van der Waals surface area contributed by atoms with Crippen LogP contribution in [0.15, 0.2) is 41.3 Å². The molecule has 34 heavy (non-hydrogen) atoms. The number of nitrogens with zero attached hydrogens (tertiary/aromatic N) is 3. The molecule has 0 bridgehead atoms. The van der Waals surface area contributed by atoms with Crippen LogP contribution in [-0.4, -0.2) is 56.8 Å². The zero-order valence-electron chi connectivity index (χ0n) is 19.6. The van der Waals surface area contributed by atoms with Crippen molar-refractivity contribution in [3.63, 3.8) is 0 Å². The van der Waals surface area contributed by atoms with Crippen LogP contribution in [0.5, 0.6) is 5.75 Å². The first-order chi connectivity index (χ1) is 16.2. The van der Waals surface area contributed by atoms with Crippen molar-refractivity contribution in [2.45, 2.75) is 38.0 Å². The third-order valence-electron chi connectivity index (χ3n) is 5.89. The summed E-state index contributed by atoms with van der Waals surface area (Å²) in [7, 11) is -2.43. The smallest absolute Gasteiger partial charge is 0.311 e. The highest BCUT2D eigenvalue weighted by molar-refractivity contribution is 7.89. The Morgan fingerprint density at radius 2 is 1.79 bits per heavy atom. The second kappa shape index (κ2) is 10.8. The summed E-state index contributed by atoms with van der Waals surface area (Å²) in [6.45, 7) is 5.76. The molecule has 1 amide bonds. The summed E-state index contributed by atoms with van der Waals surface area (Å²) in [6.07, 6.45) is 3.11. The second-order valence-electron chi connectivity index (χ2n) is 7.91. The Morgan fingerprint density at radius 3 is 2.38 bits per heavy atom. The van der Waals surface area contributed by atoms with Crippen LogP contribution in [0.25, 0.3) is 0 Å². The molecule has 3 rings (SSSR count). The van der Waals surface area contributed by atoms with Crippen LogP contribution in [-0.2, 0) is 10.0 Å². The molecule has 184 valence electrons. The quantitative estimate of drug-likeness (QED) is 0.418.